The van der Waals surface area contributed by atoms with Crippen LogP contribution in [0.5, 0.6) is 0 Å². The number of piperidine rings is 1. The maximum atomic E-state index is 11.6. The number of hydrogen-bond acceptors (Lipinski definition) is 3. The van der Waals surface area contributed by atoms with Crippen molar-refractivity contribution < 1.29 is 4.79 Å². The van der Waals surface area contributed by atoms with Crippen LogP contribution in [0.1, 0.15) is 32.1 Å². The molecule has 0 bridgehead atoms. The molecular weight excluding hydrogens is 202 g/mol. The van der Waals surface area contributed by atoms with E-state index in [1.54, 1.807) is 0 Å². The largest absolute Gasteiger partial charge is 0.355 e. The normalized spacial score (nSPS) is 33.2. The lowest BCUT2D eigenvalue weighted by molar-refractivity contribution is -0.124. The van der Waals surface area contributed by atoms with Gasteiger partial charge in [0.2, 0.25) is 5.91 Å². The number of rotatable bonds is 2. The molecule has 2 fully saturated rings. The zero-order chi connectivity index (χ0) is 11.4. The number of carbonyl (C=O) groups is 1. The van der Waals surface area contributed by atoms with E-state index in [1.165, 1.54) is 25.8 Å². The fourth-order valence-corrected chi connectivity index (χ4v) is 2.62. The average Bonchev–Trinajstić information content (AvgIpc) is 2.47. The Labute approximate surface area is 97.8 Å². The van der Waals surface area contributed by atoms with Crippen molar-refractivity contribution in [3.05, 3.63) is 0 Å². The molecule has 2 rings (SSSR count). The maximum Gasteiger partial charge on any atom is 0.237 e. The van der Waals surface area contributed by atoms with Crippen molar-refractivity contribution in [2.75, 3.05) is 26.7 Å². The number of hydrogen-bond donors (Lipinski definition) is 2. The van der Waals surface area contributed by atoms with Gasteiger partial charge in [-0.2, -0.15) is 0 Å². The quantitative estimate of drug-likeness (QED) is 0.712. The van der Waals surface area contributed by atoms with Gasteiger partial charge in [0.05, 0.1) is 6.04 Å². The van der Waals surface area contributed by atoms with Gasteiger partial charge in [-0.25, -0.2) is 0 Å². The summed E-state index contributed by atoms with van der Waals surface area (Å²) in [7, 11) is 2.18. The van der Waals surface area contributed by atoms with Gasteiger partial charge < -0.3 is 15.5 Å². The van der Waals surface area contributed by atoms with Gasteiger partial charge in [0.1, 0.15) is 0 Å². The van der Waals surface area contributed by atoms with Crippen LogP contribution >= 0.6 is 0 Å². The lowest BCUT2D eigenvalue weighted by atomic mass is 10.0. The molecule has 4 nitrogen and oxygen atoms in total. The molecule has 0 spiro atoms. The highest BCUT2D eigenvalue weighted by Gasteiger charge is 2.25. The molecular formula is C12H23N3O. The first-order valence-corrected chi connectivity index (χ1v) is 6.48. The summed E-state index contributed by atoms with van der Waals surface area (Å²) in [5, 5.41) is 6.46. The van der Waals surface area contributed by atoms with Crippen LogP contribution in [0.25, 0.3) is 0 Å². The van der Waals surface area contributed by atoms with E-state index in [2.05, 4.69) is 22.6 Å². The highest BCUT2D eigenvalue weighted by atomic mass is 16.2. The first-order chi connectivity index (χ1) is 7.75. The van der Waals surface area contributed by atoms with Gasteiger partial charge in [-0.3, -0.25) is 4.79 Å². The molecule has 0 aromatic heterocycles. The summed E-state index contributed by atoms with van der Waals surface area (Å²) in [5.41, 5.74) is 0. The Morgan fingerprint density at radius 2 is 2.12 bits per heavy atom. The number of nitrogens with one attached hydrogen (secondary N) is 2. The van der Waals surface area contributed by atoms with Crippen LogP contribution in [0.3, 0.4) is 0 Å². The van der Waals surface area contributed by atoms with E-state index < -0.39 is 0 Å². The Bertz CT molecular complexity index is 244. The Kier molecular flexibility index (Phi) is 4.18. The fraction of sp³-hybridized carbons (Fsp3) is 0.917. The number of likely N-dealkylation sites (tertiary alicyclic amines) is 1. The average molecular weight is 225 g/mol. The molecule has 0 aromatic carbocycles. The summed E-state index contributed by atoms with van der Waals surface area (Å²) >= 11 is 0. The molecule has 0 aliphatic carbocycles. The highest BCUT2D eigenvalue weighted by molar-refractivity contribution is 5.82. The third-order valence-corrected chi connectivity index (χ3v) is 3.67. The Hall–Kier alpha value is -0.610. The van der Waals surface area contributed by atoms with E-state index in [0.717, 1.165) is 25.9 Å². The topological polar surface area (TPSA) is 44.4 Å². The van der Waals surface area contributed by atoms with Crippen molar-refractivity contribution in [1.82, 2.24) is 15.5 Å². The number of carbonyl (C=O) groups excluding carboxylic acids is 1. The van der Waals surface area contributed by atoms with Gasteiger partial charge in [0, 0.05) is 12.6 Å². The van der Waals surface area contributed by atoms with E-state index in [-0.39, 0.29) is 11.9 Å². The molecule has 2 N–H and O–H groups in total. The molecule has 2 aliphatic rings. The molecule has 0 saturated carbocycles. The third kappa shape index (κ3) is 3.19. The predicted octanol–water partition coefficient (Wildman–Crippen LogP) is 0.339. The van der Waals surface area contributed by atoms with Crippen LogP contribution < -0.4 is 10.6 Å². The summed E-state index contributed by atoms with van der Waals surface area (Å²) in [6.07, 6.45) is 5.71. The molecule has 16 heavy (non-hydrogen) atoms. The summed E-state index contributed by atoms with van der Waals surface area (Å²) in [4.78, 5) is 14.0. The van der Waals surface area contributed by atoms with Crippen LogP contribution in [0.2, 0.25) is 0 Å². The SMILES string of the molecule is CN1CCCC(NC2CCCNC2=O)CC1. The zero-order valence-electron chi connectivity index (χ0n) is 10.2. The smallest absolute Gasteiger partial charge is 0.237 e. The van der Waals surface area contributed by atoms with E-state index >= 15 is 0 Å². The lowest BCUT2D eigenvalue weighted by Gasteiger charge is -2.27. The third-order valence-electron chi connectivity index (χ3n) is 3.67. The van der Waals surface area contributed by atoms with Gasteiger partial charge in [-0.05, 0) is 52.2 Å². The Balaban J connectivity index is 1.81. The van der Waals surface area contributed by atoms with Crippen LogP contribution in [0.15, 0.2) is 0 Å². The van der Waals surface area contributed by atoms with E-state index in [0.29, 0.717) is 6.04 Å². The first kappa shape index (κ1) is 11.9. The summed E-state index contributed by atoms with van der Waals surface area (Å²) in [6.45, 7) is 3.19. The molecule has 2 saturated heterocycles. The van der Waals surface area contributed by atoms with E-state index in [1.807, 2.05) is 0 Å². The van der Waals surface area contributed by atoms with Gasteiger partial charge in [-0.1, -0.05) is 0 Å². The summed E-state index contributed by atoms with van der Waals surface area (Å²) in [5.74, 6) is 0.198. The molecule has 2 atom stereocenters. The van der Waals surface area contributed by atoms with Gasteiger partial charge in [-0.15, -0.1) is 0 Å². The maximum absolute atomic E-state index is 11.6. The minimum atomic E-state index is 0.0576. The van der Waals surface area contributed by atoms with E-state index in [4.69, 9.17) is 0 Å². The molecule has 2 heterocycles. The zero-order valence-corrected chi connectivity index (χ0v) is 10.2. The molecule has 92 valence electrons. The molecule has 2 unspecified atom stereocenters. The van der Waals surface area contributed by atoms with Crippen LogP contribution in [0.4, 0.5) is 0 Å². The van der Waals surface area contributed by atoms with Crippen molar-refractivity contribution in [2.45, 2.75) is 44.2 Å². The standard InChI is InChI=1S/C12H23N3O/c1-15-8-3-4-10(6-9-15)14-11-5-2-7-13-12(11)16/h10-11,14H,2-9H2,1H3,(H,13,16). The van der Waals surface area contributed by atoms with Crippen LogP contribution in [-0.2, 0) is 4.79 Å². The Morgan fingerprint density at radius 3 is 2.94 bits per heavy atom. The number of amides is 1. The monoisotopic (exact) mass is 225 g/mol. The van der Waals surface area contributed by atoms with Crippen molar-refractivity contribution in [3.8, 4) is 0 Å². The van der Waals surface area contributed by atoms with Crippen molar-refractivity contribution in [3.63, 3.8) is 0 Å². The van der Waals surface area contributed by atoms with Crippen molar-refractivity contribution in [2.24, 2.45) is 0 Å². The molecule has 0 aromatic rings. The van der Waals surface area contributed by atoms with Gasteiger partial charge in [0.15, 0.2) is 0 Å². The second kappa shape index (κ2) is 5.64. The lowest BCUT2D eigenvalue weighted by Crippen LogP contribution is -2.51. The molecule has 4 heteroatoms. The van der Waals surface area contributed by atoms with E-state index in [9.17, 15) is 4.79 Å². The van der Waals surface area contributed by atoms with Crippen molar-refractivity contribution in [1.29, 1.82) is 0 Å². The second-order valence-electron chi connectivity index (χ2n) is 5.08. The Morgan fingerprint density at radius 1 is 1.25 bits per heavy atom. The minimum absolute atomic E-state index is 0.0576. The van der Waals surface area contributed by atoms with Gasteiger partial charge >= 0.3 is 0 Å². The number of nitrogens with zero attached hydrogens (tertiary/aromatic N) is 1. The predicted molar refractivity (Wildman–Crippen MR) is 64.3 cm³/mol. The summed E-state index contributed by atoms with van der Waals surface area (Å²) in [6, 6.07) is 0.584. The van der Waals surface area contributed by atoms with Crippen LogP contribution in [-0.4, -0.2) is 49.6 Å². The fourth-order valence-electron chi connectivity index (χ4n) is 2.62. The summed E-state index contributed by atoms with van der Waals surface area (Å²) < 4.78 is 0. The second-order valence-corrected chi connectivity index (χ2v) is 5.08. The minimum Gasteiger partial charge on any atom is -0.355 e. The van der Waals surface area contributed by atoms with Gasteiger partial charge in [0.25, 0.3) is 0 Å². The first-order valence-electron chi connectivity index (χ1n) is 6.48. The molecule has 2 aliphatic heterocycles. The molecule has 0 radical (unpaired) electrons. The highest BCUT2D eigenvalue weighted by Crippen LogP contribution is 2.12. The molecule has 1 amide bonds. The van der Waals surface area contributed by atoms with Crippen molar-refractivity contribution >= 4 is 5.91 Å². The van der Waals surface area contributed by atoms with Crippen LogP contribution in [0, 0.1) is 0 Å².